The van der Waals surface area contributed by atoms with Crippen LogP contribution in [0, 0.1) is 5.92 Å². The third-order valence-corrected chi connectivity index (χ3v) is 5.87. The van der Waals surface area contributed by atoms with E-state index in [4.69, 9.17) is 4.74 Å². The zero-order chi connectivity index (χ0) is 18.3. The van der Waals surface area contributed by atoms with Gasteiger partial charge in [0.05, 0.1) is 25.0 Å². The SMILES string of the molecule is C/C=C1/CN2CCc3c([nH]c4ccccc34)[C@@H]2C[C@@H]1/C(=C\O)C(=O)OC. The molecule has 2 aliphatic heterocycles. The van der Waals surface area contributed by atoms with Gasteiger partial charge < -0.3 is 14.8 Å². The fraction of sp³-hybridized carbons (Fsp3) is 0.381. The summed E-state index contributed by atoms with van der Waals surface area (Å²) in [6.07, 6.45) is 4.76. The average Bonchev–Trinajstić information content (AvgIpc) is 3.07. The van der Waals surface area contributed by atoms with Crippen molar-refractivity contribution in [3.05, 3.63) is 59.0 Å². The number of hydrogen-bond donors (Lipinski definition) is 2. The number of allylic oxidation sites excluding steroid dienone is 1. The first kappa shape index (κ1) is 16.9. The maximum Gasteiger partial charge on any atom is 0.337 e. The summed E-state index contributed by atoms with van der Waals surface area (Å²) in [6.45, 7) is 3.79. The molecule has 0 amide bonds. The Bertz CT molecular complexity index is 909. The Balaban J connectivity index is 1.75. The van der Waals surface area contributed by atoms with Crippen molar-refractivity contribution < 1.29 is 14.6 Å². The van der Waals surface area contributed by atoms with Crippen molar-refractivity contribution in [1.82, 2.24) is 9.88 Å². The summed E-state index contributed by atoms with van der Waals surface area (Å²) in [5.41, 5.74) is 5.30. The molecular weight excluding hydrogens is 328 g/mol. The van der Waals surface area contributed by atoms with Crippen molar-refractivity contribution in [2.24, 2.45) is 5.92 Å². The number of carbonyl (C=O) groups is 1. The van der Waals surface area contributed by atoms with Crippen molar-refractivity contribution in [3.63, 3.8) is 0 Å². The van der Waals surface area contributed by atoms with Gasteiger partial charge >= 0.3 is 5.97 Å². The van der Waals surface area contributed by atoms with Gasteiger partial charge in [0.1, 0.15) is 0 Å². The molecule has 2 aliphatic rings. The molecule has 26 heavy (non-hydrogen) atoms. The van der Waals surface area contributed by atoms with Gasteiger partial charge in [-0.2, -0.15) is 0 Å². The van der Waals surface area contributed by atoms with E-state index < -0.39 is 5.97 Å². The third-order valence-electron chi connectivity index (χ3n) is 5.87. The summed E-state index contributed by atoms with van der Waals surface area (Å²) in [6, 6.07) is 8.62. The van der Waals surface area contributed by atoms with Crippen molar-refractivity contribution in [1.29, 1.82) is 0 Å². The molecule has 4 rings (SSSR count). The first-order valence-electron chi connectivity index (χ1n) is 9.09. The monoisotopic (exact) mass is 352 g/mol. The van der Waals surface area contributed by atoms with Crippen LogP contribution in [0.3, 0.4) is 0 Å². The highest BCUT2D eigenvalue weighted by Gasteiger charge is 2.40. The van der Waals surface area contributed by atoms with Crippen LogP contribution < -0.4 is 0 Å². The number of esters is 1. The number of aromatic nitrogens is 1. The van der Waals surface area contributed by atoms with Crippen LogP contribution in [0.5, 0.6) is 0 Å². The van der Waals surface area contributed by atoms with E-state index in [2.05, 4.69) is 34.2 Å². The number of nitrogens with one attached hydrogen (secondary N) is 1. The maximum atomic E-state index is 12.2. The predicted octanol–water partition coefficient (Wildman–Crippen LogP) is 3.65. The third kappa shape index (κ3) is 2.54. The number of methoxy groups -OCH3 is 1. The minimum Gasteiger partial charge on any atom is -0.515 e. The Morgan fingerprint density at radius 2 is 2.19 bits per heavy atom. The van der Waals surface area contributed by atoms with Gasteiger partial charge in [0.25, 0.3) is 0 Å². The predicted molar refractivity (Wildman–Crippen MR) is 101 cm³/mol. The quantitative estimate of drug-likeness (QED) is 0.375. The molecule has 3 heterocycles. The number of para-hydroxylation sites is 1. The number of H-pyrrole nitrogens is 1. The number of fused-ring (bicyclic) bond motifs is 5. The van der Waals surface area contributed by atoms with Crippen LogP contribution in [0.1, 0.15) is 30.6 Å². The van der Waals surface area contributed by atoms with Gasteiger partial charge in [0.2, 0.25) is 0 Å². The van der Waals surface area contributed by atoms with Gasteiger partial charge in [-0.25, -0.2) is 4.79 Å². The summed E-state index contributed by atoms with van der Waals surface area (Å²) >= 11 is 0. The fourth-order valence-corrected chi connectivity index (χ4v) is 4.57. The summed E-state index contributed by atoms with van der Waals surface area (Å²) < 4.78 is 4.89. The van der Waals surface area contributed by atoms with E-state index >= 15 is 0 Å². The fourth-order valence-electron chi connectivity index (χ4n) is 4.57. The average molecular weight is 352 g/mol. The van der Waals surface area contributed by atoms with E-state index in [1.54, 1.807) is 0 Å². The van der Waals surface area contributed by atoms with Crippen molar-refractivity contribution in [2.45, 2.75) is 25.8 Å². The Labute approximate surface area is 153 Å². The minimum absolute atomic E-state index is 0.129. The van der Waals surface area contributed by atoms with Gasteiger partial charge in [-0.05, 0) is 31.4 Å². The lowest BCUT2D eigenvalue weighted by atomic mass is 9.78. The number of aliphatic hydroxyl groups excluding tert-OH is 1. The van der Waals surface area contributed by atoms with Crippen molar-refractivity contribution in [3.8, 4) is 0 Å². The van der Waals surface area contributed by atoms with Crippen LogP contribution in [0.25, 0.3) is 10.9 Å². The number of ether oxygens (including phenoxy) is 1. The summed E-state index contributed by atoms with van der Waals surface area (Å²) in [5, 5.41) is 11.0. The van der Waals surface area contributed by atoms with Crippen LogP contribution in [0.15, 0.2) is 47.7 Å². The Morgan fingerprint density at radius 3 is 2.92 bits per heavy atom. The zero-order valence-electron chi connectivity index (χ0n) is 15.2. The summed E-state index contributed by atoms with van der Waals surface area (Å²) in [5.74, 6) is -0.589. The van der Waals surface area contributed by atoms with Gasteiger partial charge in [0, 0.05) is 35.6 Å². The van der Waals surface area contributed by atoms with E-state index in [9.17, 15) is 9.90 Å². The van der Waals surface area contributed by atoms with Gasteiger partial charge in [0.15, 0.2) is 0 Å². The summed E-state index contributed by atoms with van der Waals surface area (Å²) in [7, 11) is 1.35. The molecule has 2 atom stereocenters. The molecule has 0 bridgehead atoms. The van der Waals surface area contributed by atoms with Crippen LogP contribution in [-0.4, -0.2) is 41.2 Å². The van der Waals surface area contributed by atoms with Crippen LogP contribution in [0.4, 0.5) is 0 Å². The molecule has 2 N–H and O–H groups in total. The number of hydrogen-bond acceptors (Lipinski definition) is 4. The van der Waals surface area contributed by atoms with Crippen LogP contribution in [0.2, 0.25) is 0 Å². The van der Waals surface area contributed by atoms with E-state index in [0.29, 0.717) is 5.57 Å². The smallest absolute Gasteiger partial charge is 0.337 e. The molecule has 136 valence electrons. The molecule has 0 unspecified atom stereocenters. The van der Waals surface area contributed by atoms with Gasteiger partial charge in [-0.1, -0.05) is 29.8 Å². The molecule has 1 fully saturated rings. The number of benzene rings is 1. The highest BCUT2D eigenvalue weighted by Crippen LogP contribution is 2.44. The molecule has 1 aromatic carbocycles. The van der Waals surface area contributed by atoms with E-state index in [-0.39, 0.29) is 12.0 Å². The Kier molecular flexibility index (Phi) is 4.32. The number of carbonyl (C=O) groups excluding carboxylic acids is 1. The standard InChI is InChI=1S/C21H24N2O3/c1-3-13-11-23-9-8-15-14-6-4-5-7-18(14)22-20(15)19(23)10-16(13)17(12-24)21(25)26-2/h3-7,12,16,19,22,24H,8-11H2,1-2H3/b13-3-,17-12+/t16-,19-/m0/s1. The highest BCUT2D eigenvalue weighted by atomic mass is 16.5. The van der Waals surface area contributed by atoms with Crippen LogP contribution in [-0.2, 0) is 16.0 Å². The van der Waals surface area contributed by atoms with E-state index in [0.717, 1.165) is 37.8 Å². The summed E-state index contributed by atoms with van der Waals surface area (Å²) in [4.78, 5) is 18.2. The van der Waals surface area contributed by atoms with Gasteiger partial charge in [-0.3, -0.25) is 4.90 Å². The number of piperidine rings is 1. The largest absolute Gasteiger partial charge is 0.515 e. The topological polar surface area (TPSA) is 65.6 Å². The Morgan fingerprint density at radius 1 is 1.38 bits per heavy atom. The Hall–Kier alpha value is -2.53. The lowest BCUT2D eigenvalue weighted by Gasteiger charge is -2.43. The van der Waals surface area contributed by atoms with Crippen molar-refractivity contribution in [2.75, 3.05) is 20.2 Å². The zero-order valence-corrected chi connectivity index (χ0v) is 15.2. The molecule has 1 saturated heterocycles. The molecule has 2 aromatic rings. The second-order valence-corrected chi connectivity index (χ2v) is 7.03. The maximum absolute atomic E-state index is 12.2. The second-order valence-electron chi connectivity index (χ2n) is 7.03. The van der Waals surface area contributed by atoms with Crippen LogP contribution >= 0.6 is 0 Å². The number of aliphatic hydroxyl groups is 1. The van der Waals surface area contributed by atoms with E-state index in [1.165, 1.54) is 29.3 Å². The molecule has 0 saturated carbocycles. The lowest BCUT2D eigenvalue weighted by molar-refractivity contribution is -0.136. The molecule has 0 radical (unpaired) electrons. The second kappa shape index (κ2) is 6.65. The first-order chi connectivity index (χ1) is 12.7. The first-order valence-corrected chi connectivity index (χ1v) is 9.09. The molecule has 0 aliphatic carbocycles. The van der Waals surface area contributed by atoms with Gasteiger partial charge in [-0.15, -0.1) is 0 Å². The molecule has 0 spiro atoms. The normalized spacial score (nSPS) is 25.2. The molecule has 5 heteroatoms. The van der Waals surface area contributed by atoms with Crippen molar-refractivity contribution >= 4 is 16.9 Å². The molecular formula is C21H24N2O3. The molecule has 5 nitrogen and oxygen atoms in total. The minimum atomic E-state index is -0.460. The van der Waals surface area contributed by atoms with E-state index in [1.807, 2.05) is 13.0 Å². The highest BCUT2D eigenvalue weighted by molar-refractivity contribution is 5.89. The number of nitrogens with zero attached hydrogens (tertiary/aromatic N) is 1. The number of rotatable bonds is 2. The molecule has 1 aromatic heterocycles. The lowest BCUT2D eigenvalue weighted by Crippen LogP contribution is -2.43. The number of aromatic amines is 1.